The van der Waals surface area contributed by atoms with Crippen LogP contribution in [0.5, 0.6) is 0 Å². The molecule has 7 nitrogen and oxygen atoms in total. The van der Waals surface area contributed by atoms with E-state index in [2.05, 4.69) is 10.3 Å². The molecule has 2 fully saturated rings. The van der Waals surface area contributed by atoms with Crippen LogP contribution in [0.4, 0.5) is 0 Å². The van der Waals surface area contributed by atoms with E-state index in [9.17, 15) is 13.2 Å². The third kappa shape index (κ3) is 4.37. The lowest BCUT2D eigenvalue weighted by molar-refractivity contribution is 0.0933. The molecule has 0 unspecified atom stereocenters. The Kier molecular flexibility index (Phi) is 5.57. The summed E-state index contributed by atoms with van der Waals surface area (Å²) < 4.78 is 31.8. The third-order valence-electron chi connectivity index (χ3n) is 4.41. The number of carbonyl (C=O) groups excluding carboxylic acids is 1. The van der Waals surface area contributed by atoms with Crippen molar-refractivity contribution in [2.75, 3.05) is 32.8 Å². The predicted molar refractivity (Wildman–Crippen MR) is 89.3 cm³/mol. The molecule has 0 spiro atoms. The van der Waals surface area contributed by atoms with Crippen molar-refractivity contribution in [2.24, 2.45) is 5.92 Å². The molecule has 0 atom stereocenters. The second kappa shape index (κ2) is 7.67. The monoisotopic (exact) mass is 355 g/mol. The zero-order valence-electron chi connectivity index (χ0n) is 13.8. The van der Waals surface area contributed by atoms with Crippen molar-refractivity contribution in [3.8, 4) is 0 Å². The van der Waals surface area contributed by atoms with Crippen LogP contribution in [0.3, 0.4) is 0 Å². The fourth-order valence-corrected chi connectivity index (χ4v) is 4.25. The standard InChI is InChI=1S/C16H25N3O4S/c20-16(17-6-3-9-23-12-13-4-5-13)15-10-14(11-18-15)24(21,22)19-7-1-2-8-19/h10-11,13,18H,1-9,12H2,(H,17,20). The van der Waals surface area contributed by atoms with Crippen LogP contribution in [0.15, 0.2) is 17.2 Å². The van der Waals surface area contributed by atoms with Gasteiger partial charge in [-0.05, 0) is 44.1 Å². The van der Waals surface area contributed by atoms with Crippen LogP contribution in [0.2, 0.25) is 0 Å². The summed E-state index contributed by atoms with van der Waals surface area (Å²) in [6, 6.07) is 1.41. The van der Waals surface area contributed by atoms with Crippen LogP contribution >= 0.6 is 0 Å². The zero-order valence-corrected chi connectivity index (χ0v) is 14.6. The van der Waals surface area contributed by atoms with Gasteiger partial charge in [-0.1, -0.05) is 0 Å². The molecule has 0 radical (unpaired) electrons. The molecule has 2 aliphatic rings. The molecule has 1 aromatic heterocycles. The van der Waals surface area contributed by atoms with Gasteiger partial charge >= 0.3 is 0 Å². The molecule has 134 valence electrons. The molecule has 2 heterocycles. The molecular formula is C16H25N3O4S. The molecule has 1 aromatic rings. The van der Waals surface area contributed by atoms with Crippen LogP contribution in [0.1, 0.15) is 42.6 Å². The zero-order chi connectivity index (χ0) is 17.0. The number of nitrogens with one attached hydrogen (secondary N) is 2. The summed E-state index contributed by atoms with van der Waals surface area (Å²) in [5.74, 6) is 0.453. The molecule has 0 bridgehead atoms. The minimum absolute atomic E-state index is 0.155. The molecule has 1 aliphatic carbocycles. The summed E-state index contributed by atoms with van der Waals surface area (Å²) in [4.78, 5) is 15.0. The van der Waals surface area contributed by atoms with Crippen LogP contribution in [0, 0.1) is 5.92 Å². The van der Waals surface area contributed by atoms with Crippen molar-refractivity contribution in [2.45, 2.75) is 37.0 Å². The number of carbonyl (C=O) groups is 1. The van der Waals surface area contributed by atoms with E-state index in [1.807, 2.05) is 0 Å². The van der Waals surface area contributed by atoms with Crippen molar-refractivity contribution in [1.29, 1.82) is 0 Å². The molecule has 1 aliphatic heterocycles. The van der Waals surface area contributed by atoms with E-state index in [1.165, 1.54) is 29.4 Å². The minimum Gasteiger partial charge on any atom is -0.381 e. The van der Waals surface area contributed by atoms with Crippen LogP contribution < -0.4 is 5.32 Å². The van der Waals surface area contributed by atoms with Gasteiger partial charge < -0.3 is 15.0 Å². The Labute approximate surface area is 142 Å². The van der Waals surface area contributed by atoms with Gasteiger partial charge in [0, 0.05) is 39.0 Å². The third-order valence-corrected chi connectivity index (χ3v) is 6.28. The van der Waals surface area contributed by atoms with Gasteiger partial charge in [0.2, 0.25) is 10.0 Å². The second-order valence-corrected chi connectivity index (χ2v) is 8.43. The second-order valence-electron chi connectivity index (χ2n) is 6.49. The Bertz CT molecular complexity index is 661. The highest BCUT2D eigenvalue weighted by atomic mass is 32.2. The first-order valence-electron chi connectivity index (χ1n) is 8.62. The quantitative estimate of drug-likeness (QED) is 0.654. The molecule has 1 amide bonds. The van der Waals surface area contributed by atoms with Crippen molar-refractivity contribution < 1.29 is 17.9 Å². The summed E-state index contributed by atoms with van der Waals surface area (Å²) in [6.07, 6.45) is 6.46. The number of rotatable bonds is 9. The Morgan fingerprint density at radius 2 is 2.08 bits per heavy atom. The fraction of sp³-hybridized carbons (Fsp3) is 0.688. The van der Waals surface area contributed by atoms with Gasteiger partial charge in [0.05, 0.1) is 0 Å². The summed E-state index contributed by atoms with van der Waals surface area (Å²) in [7, 11) is -3.48. The number of H-pyrrole nitrogens is 1. The van der Waals surface area contributed by atoms with Gasteiger partial charge in [-0.3, -0.25) is 4.79 Å². The van der Waals surface area contributed by atoms with Gasteiger partial charge in [-0.2, -0.15) is 4.31 Å². The number of ether oxygens (including phenoxy) is 1. The van der Waals surface area contributed by atoms with Gasteiger partial charge in [0.25, 0.3) is 5.91 Å². The Hall–Kier alpha value is -1.38. The molecular weight excluding hydrogens is 330 g/mol. The van der Waals surface area contributed by atoms with Crippen molar-refractivity contribution in [1.82, 2.24) is 14.6 Å². The van der Waals surface area contributed by atoms with Crippen LogP contribution in [0.25, 0.3) is 0 Å². The van der Waals surface area contributed by atoms with E-state index >= 15 is 0 Å². The lowest BCUT2D eigenvalue weighted by atomic mass is 10.4. The Morgan fingerprint density at radius 3 is 2.79 bits per heavy atom. The van der Waals surface area contributed by atoms with E-state index in [0.29, 0.717) is 26.2 Å². The summed E-state index contributed by atoms with van der Waals surface area (Å²) in [5.41, 5.74) is 0.270. The largest absolute Gasteiger partial charge is 0.381 e. The predicted octanol–water partition coefficient (Wildman–Crippen LogP) is 1.35. The number of hydrogen-bond donors (Lipinski definition) is 2. The van der Waals surface area contributed by atoms with Gasteiger partial charge in [-0.25, -0.2) is 8.42 Å². The van der Waals surface area contributed by atoms with E-state index < -0.39 is 10.0 Å². The van der Waals surface area contributed by atoms with Crippen molar-refractivity contribution in [3.63, 3.8) is 0 Å². The average Bonchev–Trinajstić information content (AvgIpc) is 3.07. The number of aromatic amines is 1. The average molecular weight is 355 g/mol. The maximum Gasteiger partial charge on any atom is 0.267 e. The molecule has 8 heteroatoms. The Morgan fingerprint density at radius 1 is 1.33 bits per heavy atom. The van der Waals surface area contributed by atoms with Crippen molar-refractivity contribution in [3.05, 3.63) is 18.0 Å². The fourth-order valence-electron chi connectivity index (χ4n) is 2.74. The Balaban J connectivity index is 1.44. The minimum atomic E-state index is -3.48. The van der Waals surface area contributed by atoms with E-state index in [1.54, 1.807) is 0 Å². The highest BCUT2D eigenvalue weighted by Gasteiger charge is 2.28. The van der Waals surface area contributed by atoms with Gasteiger partial charge in [-0.15, -0.1) is 0 Å². The van der Waals surface area contributed by atoms with Crippen LogP contribution in [-0.4, -0.2) is 56.5 Å². The first-order chi connectivity index (χ1) is 11.6. The molecule has 1 saturated heterocycles. The summed E-state index contributed by atoms with van der Waals surface area (Å²) in [6.45, 7) is 3.07. The lowest BCUT2D eigenvalue weighted by Crippen LogP contribution is -2.27. The lowest BCUT2D eigenvalue weighted by Gasteiger charge is -2.13. The normalized spacial score (nSPS) is 18.8. The van der Waals surface area contributed by atoms with Gasteiger partial charge in [0.1, 0.15) is 10.6 Å². The topological polar surface area (TPSA) is 91.5 Å². The van der Waals surface area contributed by atoms with E-state index in [0.717, 1.165) is 31.8 Å². The molecule has 2 N–H and O–H groups in total. The number of aromatic nitrogens is 1. The first-order valence-corrected chi connectivity index (χ1v) is 10.1. The number of hydrogen-bond acceptors (Lipinski definition) is 4. The maximum absolute atomic E-state index is 12.4. The van der Waals surface area contributed by atoms with E-state index in [4.69, 9.17) is 4.74 Å². The highest BCUT2D eigenvalue weighted by molar-refractivity contribution is 7.89. The van der Waals surface area contributed by atoms with Crippen LogP contribution in [-0.2, 0) is 14.8 Å². The number of sulfonamides is 1. The van der Waals surface area contributed by atoms with E-state index in [-0.39, 0.29) is 16.5 Å². The summed E-state index contributed by atoms with van der Waals surface area (Å²) in [5, 5.41) is 2.78. The maximum atomic E-state index is 12.4. The highest BCUT2D eigenvalue weighted by Crippen LogP contribution is 2.28. The molecule has 1 saturated carbocycles. The SMILES string of the molecule is O=C(NCCCOCC1CC1)c1cc(S(=O)(=O)N2CCCC2)c[nH]1. The first kappa shape index (κ1) is 17.4. The number of amides is 1. The number of nitrogens with zero attached hydrogens (tertiary/aromatic N) is 1. The molecule has 3 rings (SSSR count). The molecule has 0 aromatic carbocycles. The smallest absolute Gasteiger partial charge is 0.267 e. The molecule has 24 heavy (non-hydrogen) atoms. The van der Waals surface area contributed by atoms with Gasteiger partial charge in [0.15, 0.2) is 0 Å². The summed E-state index contributed by atoms with van der Waals surface area (Å²) >= 11 is 0. The van der Waals surface area contributed by atoms with Crippen molar-refractivity contribution >= 4 is 15.9 Å².